The van der Waals surface area contributed by atoms with Crippen molar-refractivity contribution >= 4 is 14.1 Å². The molecule has 0 spiro atoms. The Morgan fingerprint density at radius 2 is 2.00 bits per heavy atom. The Hall–Kier alpha value is -1.36. The number of nitriles is 1. The predicted molar refractivity (Wildman–Crippen MR) is 91.6 cm³/mol. The van der Waals surface area contributed by atoms with Gasteiger partial charge in [0.15, 0.2) is 14.1 Å². The lowest BCUT2D eigenvalue weighted by Gasteiger charge is -2.37. The van der Waals surface area contributed by atoms with E-state index in [0.717, 1.165) is 18.4 Å². The summed E-state index contributed by atoms with van der Waals surface area (Å²) in [6, 6.07) is 2.10. The van der Waals surface area contributed by atoms with E-state index in [1.807, 2.05) is 6.08 Å². The van der Waals surface area contributed by atoms with E-state index in [2.05, 4.69) is 51.8 Å². The van der Waals surface area contributed by atoms with Gasteiger partial charge in [-0.1, -0.05) is 26.7 Å². The van der Waals surface area contributed by atoms with Gasteiger partial charge in [-0.25, -0.2) is 0 Å². The lowest BCUT2D eigenvalue weighted by atomic mass is 10.1. The zero-order valence-corrected chi connectivity index (χ0v) is 15.5. The molecule has 22 heavy (non-hydrogen) atoms. The molecule has 1 atom stereocenters. The standard InChI is InChI=1S/C18H27NO2Si/c1-18(2,3)22(4,5)21-16-13-15(17(20)14-16)11-9-7-6-8-10-12-19/h13,16H,6,8,10-11,14H2,1-5H3/t16-/m0/s1. The van der Waals surface area contributed by atoms with Crippen LogP contribution in [0.15, 0.2) is 11.6 Å². The lowest BCUT2D eigenvalue weighted by molar-refractivity contribution is -0.115. The molecule has 1 aliphatic rings. The Morgan fingerprint density at radius 1 is 1.32 bits per heavy atom. The number of carbonyl (C=O) groups is 1. The van der Waals surface area contributed by atoms with Crippen LogP contribution in [0, 0.1) is 23.2 Å². The van der Waals surface area contributed by atoms with Crippen molar-refractivity contribution in [2.45, 2.75) is 77.1 Å². The Kier molecular flexibility index (Phi) is 6.60. The van der Waals surface area contributed by atoms with Crippen LogP contribution in [0.2, 0.25) is 18.1 Å². The molecule has 0 aromatic rings. The first-order valence-corrected chi connectivity index (χ1v) is 10.8. The molecule has 0 aliphatic heterocycles. The quantitative estimate of drug-likeness (QED) is 0.430. The van der Waals surface area contributed by atoms with E-state index in [9.17, 15) is 4.79 Å². The van der Waals surface area contributed by atoms with Crippen LogP contribution in [0.3, 0.4) is 0 Å². The number of ketones is 1. The summed E-state index contributed by atoms with van der Waals surface area (Å²) in [5, 5.41) is 8.59. The molecular weight excluding hydrogens is 290 g/mol. The number of hydrogen-bond acceptors (Lipinski definition) is 3. The largest absolute Gasteiger partial charge is 0.410 e. The molecular formula is C18H27NO2Si. The van der Waals surface area contributed by atoms with Crippen molar-refractivity contribution in [3.63, 3.8) is 0 Å². The second kappa shape index (κ2) is 7.77. The highest BCUT2D eigenvalue weighted by Crippen LogP contribution is 2.38. The van der Waals surface area contributed by atoms with E-state index in [1.54, 1.807) is 0 Å². The highest BCUT2D eigenvalue weighted by Gasteiger charge is 2.40. The molecule has 1 rings (SSSR count). The highest BCUT2D eigenvalue weighted by atomic mass is 28.4. The van der Waals surface area contributed by atoms with Crippen LogP contribution < -0.4 is 0 Å². The Bertz CT molecular complexity index is 538. The fraction of sp³-hybridized carbons (Fsp3) is 0.667. The third-order valence-corrected chi connectivity index (χ3v) is 8.88. The summed E-state index contributed by atoms with van der Waals surface area (Å²) in [4.78, 5) is 12.0. The predicted octanol–water partition coefficient (Wildman–Crippen LogP) is 4.36. The minimum absolute atomic E-state index is 0.0798. The van der Waals surface area contributed by atoms with Gasteiger partial charge in [0.1, 0.15) is 0 Å². The van der Waals surface area contributed by atoms with Gasteiger partial charge in [-0.2, -0.15) is 5.26 Å². The summed E-state index contributed by atoms with van der Waals surface area (Å²) >= 11 is 0. The van der Waals surface area contributed by atoms with Crippen LogP contribution in [-0.4, -0.2) is 20.2 Å². The fourth-order valence-corrected chi connectivity index (χ4v) is 3.24. The van der Waals surface area contributed by atoms with Crippen LogP contribution in [0.4, 0.5) is 0 Å². The van der Waals surface area contributed by atoms with E-state index in [0.29, 0.717) is 19.3 Å². The third kappa shape index (κ3) is 5.44. The molecule has 0 saturated carbocycles. The summed E-state index contributed by atoms with van der Waals surface area (Å²) in [5.41, 5.74) is 0.788. The molecule has 0 unspecified atom stereocenters. The van der Waals surface area contributed by atoms with E-state index in [1.165, 1.54) is 0 Å². The molecule has 0 saturated heterocycles. The van der Waals surface area contributed by atoms with Gasteiger partial charge in [0, 0.05) is 31.3 Å². The third-order valence-electron chi connectivity index (χ3n) is 4.38. The van der Waals surface area contributed by atoms with Crippen molar-refractivity contribution in [3.8, 4) is 17.9 Å². The summed E-state index contributed by atoms with van der Waals surface area (Å²) in [6.45, 7) is 11.0. The monoisotopic (exact) mass is 317 g/mol. The molecule has 3 nitrogen and oxygen atoms in total. The molecule has 4 heteroatoms. The number of Topliss-reactive ketones (excluding diaryl/α,β-unsaturated/α-hetero) is 1. The number of rotatable bonds is 5. The smallest absolute Gasteiger partial charge is 0.192 e. The van der Waals surface area contributed by atoms with E-state index in [4.69, 9.17) is 9.69 Å². The van der Waals surface area contributed by atoms with E-state index in [-0.39, 0.29) is 16.9 Å². The first-order chi connectivity index (χ1) is 10.2. The molecule has 0 N–H and O–H groups in total. The molecule has 120 valence electrons. The van der Waals surface area contributed by atoms with Gasteiger partial charge in [0.05, 0.1) is 12.2 Å². The van der Waals surface area contributed by atoms with Gasteiger partial charge in [-0.3, -0.25) is 4.79 Å². The van der Waals surface area contributed by atoms with E-state index < -0.39 is 8.32 Å². The normalized spacial score (nSPS) is 18.5. The number of unbranched alkanes of at least 4 members (excludes halogenated alkanes) is 2. The molecule has 0 radical (unpaired) electrons. The van der Waals surface area contributed by atoms with E-state index >= 15 is 0 Å². The summed E-state index contributed by atoms with van der Waals surface area (Å²) in [5.74, 6) is 6.23. The molecule has 0 aromatic carbocycles. The Labute approximate surface area is 135 Å². The zero-order valence-electron chi connectivity index (χ0n) is 14.5. The molecule has 1 aliphatic carbocycles. The van der Waals surface area contributed by atoms with Gasteiger partial charge in [0.2, 0.25) is 0 Å². The average molecular weight is 318 g/mol. The summed E-state index contributed by atoms with van der Waals surface area (Å²) in [6.07, 6.45) is 4.91. The van der Waals surface area contributed by atoms with Crippen LogP contribution in [-0.2, 0) is 9.22 Å². The van der Waals surface area contributed by atoms with Crippen LogP contribution in [0.25, 0.3) is 0 Å². The van der Waals surface area contributed by atoms with Gasteiger partial charge in [-0.15, -0.1) is 5.92 Å². The number of allylic oxidation sites excluding steroid dienone is 1. The molecule has 0 heterocycles. The van der Waals surface area contributed by atoms with Gasteiger partial charge < -0.3 is 4.43 Å². The maximum atomic E-state index is 12.0. The van der Waals surface area contributed by atoms with Crippen molar-refractivity contribution in [2.75, 3.05) is 0 Å². The van der Waals surface area contributed by atoms with Gasteiger partial charge >= 0.3 is 0 Å². The first-order valence-electron chi connectivity index (χ1n) is 7.92. The maximum absolute atomic E-state index is 12.0. The van der Waals surface area contributed by atoms with Crippen LogP contribution in [0.5, 0.6) is 0 Å². The van der Waals surface area contributed by atoms with Gasteiger partial charge in [0.25, 0.3) is 0 Å². The average Bonchev–Trinajstić information content (AvgIpc) is 2.72. The SMILES string of the molecule is CC(C)(C)[Si](C)(C)O[C@H]1C=C(CC#CCCCC#N)C(=O)C1. The van der Waals surface area contributed by atoms with Crippen LogP contribution >= 0.6 is 0 Å². The zero-order chi connectivity index (χ0) is 16.8. The van der Waals surface area contributed by atoms with Crippen molar-refractivity contribution in [1.82, 2.24) is 0 Å². The van der Waals surface area contributed by atoms with Crippen molar-refractivity contribution in [1.29, 1.82) is 5.26 Å². The Balaban J connectivity index is 2.57. The van der Waals surface area contributed by atoms with Crippen molar-refractivity contribution in [3.05, 3.63) is 11.6 Å². The Morgan fingerprint density at radius 3 is 2.59 bits per heavy atom. The number of carbonyl (C=O) groups excluding carboxylic acids is 1. The topological polar surface area (TPSA) is 50.1 Å². The number of nitrogens with zero attached hydrogens (tertiary/aromatic N) is 1. The molecule has 0 aromatic heterocycles. The van der Waals surface area contributed by atoms with Crippen molar-refractivity contribution < 1.29 is 9.22 Å². The molecule has 0 fully saturated rings. The second-order valence-electron chi connectivity index (χ2n) is 7.28. The molecule has 0 amide bonds. The second-order valence-corrected chi connectivity index (χ2v) is 12.0. The highest BCUT2D eigenvalue weighted by molar-refractivity contribution is 6.74. The first kappa shape index (κ1) is 18.7. The summed E-state index contributed by atoms with van der Waals surface area (Å²) in [7, 11) is -1.85. The van der Waals surface area contributed by atoms with Crippen molar-refractivity contribution in [2.24, 2.45) is 0 Å². The summed E-state index contributed by atoms with van der Waals surface area (Å²) < 4.78 is 6.28. The maximum Gasteiger partial charge on any atom is 0.192 e. The minimum atomic E-state index is -1.85. The molecule has 0 bridgehead atoms. The number of hydrogen-bond donors (Lipinski definition) is 0. The van der Waals surface area contributed by atoms with Crippen LogP contribution in [0.1, 0.15) is 52.9 Å². The lowest BCUT2D eigenvalue weighted by Crippen LogP contribution is -2.43. The van der Waals surface area contributed by atoms with Gasteiger partial charge in [-0.05, 0) is 30.6 Å². The minimum Gasteiger partial charge on any atom is -0.410 e. The fourth-order valence-electron chi connectivity index (χ4n) is 1.98.